The molecule has 12 rings (SSSR count). The van der Waals surface area contributed by atoms with Gasteiger partial charge in [-0.25, -0.2) is 0 Å². The minimum atomic E-state index is -0.111. The third-order valence-electron chi connectivity index (χ3n) is 19.2. The molecule has 68 heavy (non-hydrogen) atoms. The summed E-state index contributed by atoms with van der Waals surface area (Å²) < 4.78 is 0. The number of fused-ring (bicyclic) bond motifs is 10. The zero-order chi connectivity index (χ0) is 47.7. The minimum absolute atomic E-state index is 0.00211. The molecule has 348 valence electrons. The van der Waals surface area contributed by atoms with Gasteiger partial charge in [-0.05, 0) is 154 Å². The van der Waals surface area contributed by atoms with Gasteiger partial charge in [0.15, 0.2) is 0 Å². The molecule has 2 aliphatic carbocycles. The van der Waals surface area contributed by atoms with Crippen LogP contribution in [0.4, 0.5) is 39.8 Å². The largest absolute Gasteiger partial charge is 0.335 e. The number of hydrogen-bond acceptors (Lipinski definition) is 3. The van der Waals surface area contributed by atoms with Gasteiger partial charge in [-0.1, -0.05) is 175 Å². The second-order valence-electron chi connectivity index (χ2n) is 26.1. The molecule has 2 saturated carbocycles. The highest BCUT2D eigenvalue weighted by Crippen LogP contribution is 2.65. The van der Waals surface area contributed by atoms with Gasteiger partial charge in [-0.2, -0.15) is 0 Å². The van der Waals surface area contributed by atoms with Crippen molar-refractivity contribution in [1.82, 2.24) is 0 Å². The Labute approximate surface area is 409 Å². The molecule has 0 bridgehead atoms. The van der Waals surface area contributed by atoms with Crippen molar-refractivity contribution in [3.63, 3.8) is 0 Å². The van der Waals surface area contributed by atoms with Crippen molar-refractivity contribution in [3.05, 3.63) is 143 Å². The molecular formula is C64H74BN3. The van der Waals surface area contributed by atoms with Crippen LogP contribution >= 0.6 is 0 Å². The van der Waals surface area contributed by atoms with Crippen LogP contribution in [-0.4, -0.2) is 17.8 Å². The lowest BCUT2D eigenvalue weighted by Crippen LogP contribution is -2.64. The molecule has 3 nitrogen and oxygen atoms in total. The summed E-state index contributed by atoms with van der Waals surface area (Å²) >= 11 is 0. The first-order valence-electron chi connectivity index (χ1n) is 26.3. The molecule has 4 atom stereocenters. The van der Waals surface area contributed by atoms with Gasteiger partial charge >= 0.3 is 0 Å². The van der Waals surface area contributed by atoms with Crippen molar-refractivity contribution >= 4 is 62.9 Å². The molecule has 0 aromatic heterocycles. The second kappa shape index (κ2) is 14.2. The molecule has 0 radical (unpaired) electrons. The minimum Gasteiger partial charge on any atom is -0.335 e. The lowest BCUT2D eigenvalue weighted by atomic mass is 9.33. The fourth-order valence-electron chi connectivity index (χ4n) is 14.7. The average Bonchev–Trinajstić information content (AvgIpc) is 3.64. The predicted octanol–water partition coefficient (Wildman–Crippen LogP) is 15.3. The normalized spacial score (nSPS) is 25.7. The fourth-order valence-corrected chi connectivity index (χ4v) is 14.7. The van der Waals surface area contributed by atoms with Crippen LogP contribution in [0.25, 0.3) is 11.1 Å². The summed E-state index contributed by atoms with van der Waals surface area (Å²) in [5, 5.41) is 0. The molecule has 0 spiro atoms. The molecule has 0 amide bonds. The van der Waals surface area contributed by atoms with E-state index < -0.39 is 0 Å². The number of benzene rings is 6. The first-order chi connectivity index (χ1) is 32.1. The Hall–Kier alpha value is -5.22. The average molecular weight is 896 g/mol. The van der Waals surface area contributed by atoms with E-state index in [0.29, 0.717) is 0 Å². The Morgan fingerprint density at radius 1 is 0.426 bits per heavy atom. The van der Waals surface area contributed by atoms with Gasteiger partial charge in [-0.3, -0.25) is 0 Å². The van der Waals surface area contributed by atoms with Crippen LogP contribution in [0.2, 0.25) is 0 Å². The van der Waals surface area contributed by atoms with E-state index in [4.69, 9.17) is 0 Å². The van der Waals surface area contributed by atoms with Gasteiger partial charge in [0.05, 0.1) is 11.1 Å². The van der Waals surface area contributed by atoms with Crippen LogP contribution in [0.3, 0.4) is 0 Å². The predicted molar refractivity (Wildman–Crippen MR) is 293 cm³/mol. The summed E-state index contributed by atoms with van der Waals surface area (Å²) in [6.07, 6.45) is 9.78. The van der Waals surface area contributed by atoms with E-state index in [1.165, 1.54) is 135 Å². The lowest BCUT2D eigenvalue weighted by molar-refractivity contribution is 0.194. The molecular weight excluding hydrogens is 822 g/mol. The Morgan fingerprint density at radius 2 is 1.04 bits per heavy atom. The smallest absolute Gasteiger partial charge is 0.252 e. The monoisotopic (exact) mass is 896 g/mol. The maximum Gasteiger partial charge on any atom is 0.252 e. The summed E-state index contributed by atoms with van der Waals surface area (Å²) in [6, 6.07) is 46.4. The van der Waals surface area contributed by atoms with Crippen molar-refractivity contribution in [2.24, 2.45) is 0 Å². The van der Waals surface area contributed by atoms with Gasteiger partial charge in [0, 0.05) is 50.6 Å². The molecule has 4 heteroatoms. The van der Waals surface area contributed by atoms with E-state index in [2.05, 4.69) is 220 Å². The van der Waals surface area contributed by atoms with Crippen LogP contribution in [0, 0.1) is 0 Å². The highest BCUT2D eigenvalue weighted by atomic mass is 15.3. The number of rotatable bonds is 3. The zero-order valence-corrected chi connectivity index (χ0v) is 43.5. The summed E-state index contributed by atoms with van der Waals surface area (Å²) in [5.41, 5.74) is 23.6. The molecule has 0 saturated heterocycles. The van der Waals surface area contributed by atoms with Crippen molar-refractivity contribution in [2.45, 2.75) is 180 Å². The first-order valence-corrected chi connectivity index (χ1v) is 26.3. The van der Waals surface area contributed by atoms with Crippen LogP contribution < -0.4 is 31.1 Å². The zero-order valence-electron chi connectivity index (χ0n) is 43.5. The fraction of sp³-hybridized carbons (Fsp3) is 0.438. The summed E-state index contributed by atoms with van der Waals surface area (Å²) in [4.78, 5) is 8.54. The maximum absolute atomic E-state index is 2.96. The Bertz CT molecular complexity index is 3070. The SMILES string of the molecule is CC(C)(C)c1cccc(N2c3cc(C(C)(C)C)ccc3B3c4cc(C(C)(C)C)cc5c4N(c4cc(N6c7ccc(-c8ccccc8)cc7C7(C)CCCCC67C)cc2c43)C2(C)CCCCC52C)c1. The van der Waals surface area contributed by atoms with Crippen molar-refractivity contribution < 1.29 is 0 Å². The molecule has 6 aromatic rings. The van der Waals surface area contributed by atoms with E-state index in [1.54, 1.807) is 5.56 Å². The molecule has 2 fully saturated rings. The highest BCUT2D eigenvalue weighted by Gasteiger charge is 2.63. The lowest BCUT2D eigenvalue weighted by Gasteiger charge is -2.54. The quantitative estimate of drug-likeness (QED) is 0.164. The van der Waals surface area contributed by atoms with E-state index in [0.717, 1.165) is 6.42 Å². The second-order valence-corrected chi connectivity index (χ2v) is 26.1. The van der Waals surface area contributed by atoms with Crippen LogP contribution in [0.15, 0.2) is 115 Å². The topological polar surface area (TPSA) is 9.72 Å². The van der Waals surface area contributed by atoms with Crippen molar-refractivity contribution in [2.75, 3.05) is 14.7 Å². The van der Waals surface area contributed by atoms with Crippen molar-refractivity contribution in [3.8, 4) is 11.1 Å². The Kier molecular flexibility index (Phi) is 9.19. The van der Waals surface area contributed by atoms with Crippen molar-refractivity contribution in [1.29, 1.82) is 0 Å². The van der Waals surface area contributed by atoms with Gasteiger partial charge in [0.2, 0.25) is 0 Å². The number of anilines is 7. The maximum atomic E-state index is 2.96. The summed E-state index contributed by atoms with van der Waals surface area (Å²) in [6.45, 7) is 32.1. The molecule has 6 aromatic carbocycles. The molecule has 4 heterocycles. The van der Waals surface area contributed by atoms with E-state index >= 15 is 0 Å². The van der Waals surface area contributed by atoms with Gasteiger partial charge in [-0.15, -0.1) is 0 Å². The van der Waals surface area contributed by atoms with E-state index in [-0.39, 0.29) is 44.9 Å². The van der Waals surface area contributed by atoms with E-state index in [9.17, 15) is 0 Å². The summed E-state index contributed by atoms with van der Waals surface area (Å²) in [7, 11) is 0. The number of nitrogens with zero attached hydrogens (tertiary/aromatic N) is 3. The third kappa shape index (κ3) is 5.85. The standard InChI is InChI=1S/C64H74BN3/c1-58(2,3)43-24-21-25-46(35-43)66-53-38-44(59(4,5)6)27-28-50(53)65-51-37-45(60(7,8)9)36-49-57(51)68(64(13)33-20-18-31-62(49,64)11)55-40-47(39-54(66)56(55)65)67-52-29-26-42(41-22-15-14-16-23-41)34-48(52)61(10)30-17-19-32-63(61,67)12/h14-16,21-29,34-40H,17-20,30-33H2,1-13H3. The molecule has 0 N–H and O–H groups in total. The summed E-state index contributed by atoms with van der Waals surface area (Å²) in [5.74, 6) is 0. The van der Waals surface area contributed by atoms with Gasteiger partial charge in [0.25, 0.3) is 6.71 Å². The van der Waals surface area contributed by atoms with Crippen LogP contribution in [0.1, 0.15) is 169 Å². The molecule has 4 aliphatic heterocycles. The highest BCUT2D eigenvalue weighted by molar-refractivity contribution is 7.00. The van der Waals surface area contributed by atoms with Gasteiger partial charge in [0.1, 0.15) is 0 Å². The van der Waals surface area contributed by atoms with Crippen LogP contribution in [0.5, 0.6) is 0 Å². The van der Waals surface area contributed by atoms with E-state index in [1.807, 2.05) is 0 Å². The van der Waals surface area contributed by atoms with Gasteiger partial charge < -0.3 is 14.7 Å². The Balaban J connectivity index is 1.21. The first kappa shape index (κ1) is 44.0. The molecule has 6 aliphatic rings. The third-order valence-corrected chi connectivity index (χ3v) is 19.2. The Morgan fingerprint density at radius 3 is 1.72 bits per heavy atom. The van der Waals surface area contributed by atoms with Crippen LogP contribution in [-0.2, 0) is 27.1 Å². The number of hydrogen-bond donors (Lipinski definition) is 0. The molecule has 4 unspecified atom stereocenters.